The third-order valence-electron chi connectivity index (χ3n) is 3.73. The summed E-state index contributed by atoms with van der Waals surface area (Å²) < 4.78 is 26.3. The first-order chi connectivity index (χ1) is 9.45. The first-order valence-electron chi connectivity index (χ1n) is 6.54. The maximum absolute atomic E-state index is 12.4. The van der Waals surface area contributed by atoms with E-state index in [-0.39, 0.29) is 10.9 Å². The van der Waals surface area contributed by atoms with Crippen LogP contribution in [0.25, 0.3) is 0 Å². The van der Waals surface area contributed by atoms with Crippen molar-refractivity contribution in [1.29, 1.82) is 0 Å². The van der Waals surface area contributed by atoms with Crippen LogP contribution in [0.2, 0.25) is 0 Å². The SMILES string of the molecule is CN1CCCC1CN(C)S(=O)(=O)c1ccc(NN)nc1. The molecular formula is C12H21N5O2S. The van der Waals surface area contributed by atoms with Crippen LogP contribution in [-0.2, 0) is 10.0 Å². The van der Waals surface area contributed by atoms with Gasteiger partial charge in [-0.3, -0.25) is 0 Å². The number of nitrogens with one attached hydrogen (secondary N) is 1. The molecule has 0 bridgehead atoms. The number of hydrogen-bond acceptors (Lipinski definition) is 6. The monoisotopic (exact) mass is 299 g/mol. The van der Waals surface area contributed by atoms with Gasteiger partial charge in [0.25, 0.3) is 0 Å². The molecule has 8 heteroatoms. The number of nitrogens with zero attached hydrogens (tertiary/aromatic N) is 3. The van der Waals surface area contributed by atoms with Gasteiger partial charge in [-0.15, -0.1) is 0 Å². The predicted octanol–water partition coefficient (Wildman–Crippen LogP) is 0.0819. The number of hydrazine groups is 1. The molecule has 112 valence electrons. The highest BCUT2D eigenvalue weighted by Crippen LogP contribution is 2.20. The van der Waals surface area contributed by atoms with Gasteiger partial charge in [0.15, 0.2) is 0 Å². The largest absolute Gasteiger partial charge is 0.308 e. The van der Waals surface area contributed by atoms with Gasteiger partial charge in [-0.2, -0.15) is 4.31 Å². The molecule has 0 amide bonds. The van der Waals surface area contributed by atoms with E-state index in [1.165, 1.54) is 16.6 Å². The Kier molecular flexibility index (Phi) is 4.59. The van der Waals surface area contributed by atoms with Crippen LogP contribution < -0.4 is 11.3 Å². The summed E-state index contributed by atoms with van der Waals surface area (Å²) >= 11 is 0. The van der Waals surface area contributed by atoms with E-state index >= 15 is 0 Å². The number of pyridine rings is 1. The summed E-state index contributed by atoms with van der Waals surface area (Å²) in [5.41, 5.74) is 2.37. The molecule has 1 aromatic rings. The van der Waals surface area contributed by atoms with Gasteiger partial charge in [0.05, 0.1) is 0 Å². The number of likely N-dealkylation sites (N-methyl/N-ethyl adjacent to an activating group) is 2. The number of aromatic nitrogens is 1. The highest BCUT2D eigenvalue weighted by atomic mass is 32.2. The molecule has 0 radical (unpaired) electrons. The Labute approximate surface area is 119 Å². The Morgan fingerprint density at radius 3 is 2.80 bits per heavy atom. The van der Waals surface area contributed by atoms with Crippen molar-refractivity contribution in [2.75, 3.05) is 32.6 Å². The molecule has 3 N–H and O–H groups in total. The Morgan fingerprint density at radius 2 is 2.30 bits per heavy atom. The van der Waals surface area contributed by atoms with Crippen molar-refractivity contribution in [3.8, 4) is 0 Å². The fourth-order valence-corrected chi connectivity index (χ4v) is 3.56. The zero-order valence-corrected chi connectivity index (χ0v) is 12.6. The van der Waals surface area contributed by atoms with Gasteiger partial charge in [-0.05, 0) is 38.6 Å². The molecule has 0 aromatic carbocycles. The van der Waals surface area contributed by atoms with E-state index in [1.807, 2.05) is 7.05 Å². The van der Waals surface area contributed by atoms with Gasteiger partial charge in [-0.25, -0.2) is 19.2 Å². The Balaban J connectivity index is 2.11. The quantitative estimate of drug-likeness (QED) is 0.591. The van der Waals surface area contributed by atoms with Crippen molar-refractivity contribution in [2.45, 2.75) is 23.8 Å². The second kappa shape index (κ2) is 6.04. The summed E-state index contributed by atoms with van der Waals surface area (Å²) in [6, 6.07) is 3.34. The smallest absolute Gasteiger partial charge is 0.244 e. The molecule has 1 aliphatic rings. The maximum Gasteiger partial charge on any atom is 0.244 e. The van der Waals surface area contributed by atoms with Gasteiger partial charge in [-0.1, -0.05) is 0 Å². The molecule has 1 fully saturated rings. The first-order valence-corrected chi connectivity index (χ1v) is 7.98. The zero-order chi connectivity index (χ0) is 14.8. The Hall–Kier alpha value is -1.22. The van der Waals surface area contributed by atoms with Crippen molar-refractivity contribution in [3.63, 3.8) is 0 Å². The average Bonchev–Trinajstić information content (AvgIpc) is 2.84. The maximum atomic E-state index is 12.4. The second-order valence-electron chi connectivity index (χ2n) is 5.09. The van der Waals surface area contributed by atoms with E-state index in [1.54, 1.807) is 13.1 Å². The van der Waals surface area contributed by atoms with E-state index in [4.69, 9.17) is 5.84 Å². The van der Waals surface area contributed by atoms with Crippen LogP contribution in [0.1, 0.15) is 12.8 Å². The fourth-order valence-electron chi connectivity index (χ4n) is 2.40. The van der Waals surface area contributed by atoms with E-state index < -0.39 is 10.0 Å². The molecule has 2 heterocycles. The molecule has 1 atom stereocenters. The number of likely N-dealkylation sites (tertiary alicyclic amines) is 1. The molecule has 1 unspecified atom stereocenters. The molecule has 2 rings (SSSR count). The summed E-state index contributed by atoms with van der Waals surface area (Å²) in [4.78, 5) is 6.32. The van der Waals surface area contributed by atoms with Crippen LogP contribution in [0, 0.1) is 0 Å². The summed E-state index contributed by atoms with van der Waals surface area (Å²) in [5.74, 6) is 5.65. The minimum Gasteiger partial charge on any atom is -0.308 e. The number of anilines is 1. The van der Waals surface area contributed by atoms with Crippen LogP contribution in [0.3, 0.4) is 0 Å². The van der Waals surface area contributed by atoms with E-state index in [2.05, 4.69) is 15.3 Å². The van der Waals surface area contributed by atoms with Crippen LogP contribution in [-0.4, -0.2) is 55.8 Å². The highest BCUT2D eigenvalue weighted by Gasteiger charge is 2.28. The minimum absolute atomic E-state index is 0.180. The number of sulfonamides is 1. The topological polar surface area (TPSA) is 91.6 Å². The van der Waals surface area contributed by atoms with E-state index in [9.17, 15) is 8.42 Å². The van der Waals surface area contributed by atoms with Crippen LogP contribution >= 0.6 is 0 Å². The molecule has 1 aliphatic heterocycles. The third kappa shape index (κ3) is 3.09. The van der Waals surface area contributed by atoms with Crippen LogP contribution in [0.15, 0.2) is 23.2 Å². The van der Waals surface area contributed by atoms with E-state index in [0.717, 1.165) is 19.4 Å². The van der Waals surface area contributed by atoms with Crippen LogP contribution in [0.4, 0.5) is 5.82 Å². The second-order valence-corrected chi connectivity index (χ2v) is 7.13. The van der Waals surface area contributed by atoms with Crippen molar-refractivity contribution in [2.24, 2.45) is 5.84 Å². The number of nitrogen functional groups attached to an aromatic ring is 1. The molecule has 1 aromatic heterocycles. The lowest BCUT2D eigenvalue weighted by atomic mass is 10.2. The molecule has 7 nitrogen and oxygen atoms in total. The molecular weight excluding hydrogens is 278 g/mol. The zero-order valence-electron chi connectivity index (χ0n) is 11.8. The molecule has 0 saturated carbocycles. The Bertz CT molecular complexity index is 545. The van der Waals surface area contributed by atoms with Crippen molar-refractivity contribution < 1.29 is 8.42 Å². The lowest BCUT2D eigenvalue weighted by molar-refractivity contribution is 0.271. The summed E-state index contributed by atoms with van der Waals surface area (Å²) in [5, 5.41) is 0. The average molecular weight is 299 g/mol. The number of hydrogen-bond donors (Lipinski definition) is 2. The van der Waals surface area contributed by atoms with Crippen molar-refractivity contribution in [1.82, 2.24) is 14.2 Å². The first kappa shape index (κ1) is 15.2. The molecule has 0 spiro atoms. The van der Waals surface area contributed by atoms with Gasteiger partial charge in [0.1, 0.15) is 10.7 Å². The molecule has 20 heavy (non-hydrogen) atoms. The van der Waals surface area contributed by atoms with Gasteiger partial charge in [0.2, 0.25) is 10.0 Å². The minimum atomic E-state index is -3.50. The number of rotatable bonds is 5. The van der Waals surface area contributed by atoms with E-state index in [0.29, 0.717) is 12.4 Å². The van der Waals surface area contributed by atoms with Crippen molar-refractivity contribution >= 4 is 15.8 Å². The standard InChI is InChI=1S/C12H21N5O2S/c1-16-7-3-4-10(16)9-17(2)20(18,19)11-5-6-12(15-13)14-8-11/h5-6,8,10H,3-4,7,9,13H2,1-2H3,(H,14,15). The Morgan fingerprint density at radius 1 is 1.55 bits per heavy atom. The normalized spacial score (nSPS) is 20.5. The summed E-state index contributed by atoms with van der Waals surface area (Å²) in [7, 11) is 0.138. The third-order valence-corrected chi connectivity index (χ3v) is 5.54. The lowest BCUT2D eigenvalue weighted by Gasteiger charge is -2.25. The van der Waals surface area contributed by atoms with Gasteiger partial charge in [0, 0.05) is 25.8 Å². The summed E-state index contributed by atoms with van der Waals surface area (Å²) in [6.45, 7) is 1.52. The predicted molar refractivity (Wildman–Crippen MR) is 77.5 cm³/mol. The lowest BCUT2D eigenvalue weighted by Crippen LogP contribution is -2.39. The van der Waals surface area contributed by atoms with Gasteiger partial charge >= 0.3 is 0 Å². The highest BCUT2D eigenvalue weighted by molar-refractivity contribution is 7.89. The molecule has 1 saturated heterocycles. The number of nitrogens with two attached hydrogens (primary N) is 1. The van der Waals surface area contributed by atoms with Gasteiger partial charge < -0.3 is 10.3 Å². The summed E-state index contributed by atoms with van der Waals surface area (Å²) in [6.07, 6.45) is 3.47. The fraction of sp³-hybridized carbons (Fsp3) is 0.583. The van der Waals surface area contributed by atoms with Crippen LogP contribution in [0.5, 0.6) is 0 Å². The molecule has 0 aliphatic carbocycles. The van der Waals surface area contributed by atoms with Crippen molar-refractivity contribution in [3.05, 3.63) is 18.3 Å².